The molecule has 0 saturated heterocycles. The van der Waals surface area contributed by atoms with Crippen molar-refractivity contribution in [2.45, 2.75) is 14.7 Å². The lowest BCUT2D eigenvalue weighted by Crippen LogP contribution is -2.13. The number of aromatic hydroxyl groups is 1. The largest absolute Gasteiger partial charge is 0.506 e. The molecule has 4 aromatic carbocycles. The average molecular weight is 493 g/mol. The molecule has 0 aliphatic rings. The Morgan fingerprint density at radius 2 is 1.61 bits per heavy atom. The Hall–Kier alpha value is -3.26. The molecule has 5 nitrogen and oxygen atoms in total. The number of halogens is 1. The zero-order chi connectivity index (χ0) is 23.0. The Balaban J connectivity index is 1.63. The molecule has 0 bridgehead atoms. The van der Waals surface area contributed by atoms with Gasteiger partial charge >= 0.3 is 0 Å². The molecule has 33 heavy (non-hydrogen) atoms. The van der Waals surface area contributed by atoms with Crippen LogP contribution in [0.1, 0.15) is 0 Å². The third-order valence-electron chi connectivity index (χ3n) is 5.15. The van der Waals surface area contributed by atoms with E-state index in [1.807, 2.05) is 30.3 Å². The monoisotopic (exact) mass is 492 g/mol. The van der Waals surface area contributed by atoms with Crippen LogP contribution in [0.2, 0.25) is 5.02 Å². The Morgan fingerprint density at radius 1 is 0.848 bits per heavy atom. The van der Waals surface area contributed by atoms with E-state index in [1.54, 1.807) is 48.7 Å². The first-order valence-corrected chi connectivity index (χ1v) is 12.6. The van der Waals surface area contributed by atoms with E-state index >= 15 is 0 Å². The van der Waals surface area contributed by atoms with Crippen LogP contribution in [0, 0.1) is 0 Å². The standard InChI is InChI=1S/C25H17ClN2O3S2/c26-17-8-4-9-18(14-17)33(30,31)28-21-15-23(25(29)20-11-2-1-10-19(20)21)32-22-12-3-6-16-7-5-13-27-24(16)22/h1-15,28-29H. The molecule has 5 aromatic rings. The quantitative estimate of drug-likeness (QED) is 0.267. The van der Waals surface area contributed by atoms with Crippen LogP contribution in [-0.2, 0) is 10.0 Å². The maximum Gasteiger partial charge on any atom is 0.261 e. The fourth-order valence-electron chi connectivity index (χ4n) is 3.61. The summed E-state index contributed by atoms with van der Waals surface area (Å²) in [5, 5.41) is 13.5. The number of hydrogen-bond acceptors (Lipinski definition) is 5. The molecule has 0 aliphatic heterocycles. The Kier molecular flexibility index (Phi) is 5.62. The third-order valence-corrected chi connectivity index (χ3v) is 7.83. The van der Waals surface area contributed by atoms with Crippen molar-refractivity contribution in [2.75, 3.05) is 4.72 Å². The van der Waals surface area contributed by atoms with Crippen molar-refractivity contribution in [2.24, 2.45) is 0 Å². The van der Waals surface area contributed by atoms with Gasteiger partial charge in [0.25, 0.3) is 10.0 Å². The van der Waals surface area contributed by atoms with E-state index in [4.69, 9.17) is 11.6 Å². The number of fused-ring (bicyclic) bond motifs is 2. The lowest BCUT2D eigenvalue weighted by atomic mass is 10.1. The first-order chi connectivity index (χ1) is 15.9. The summed E-state index contributed by atoms with van der Waals surface area (Å²) >= 11 is 7.33. The van der Waals surface area contributed by atoms with Gasteiger partial charge in [-0.25, -0.2) is 8.42 Å². The highest BCUT2D eigenvalue weighted by Crippen LogP contribution is 2.44. The predicted molar refractivity (Wildman–Crippen MR) is 134 cm³/mol. The van der Waals surface area contributed by atoms with Crippen molar-refractivity contribution in [1.82, 2.24) is 4.98 Å². The highest BCUT2D eigenvalue weighted by atomic mass is 35.5. The number of phenolic OH excluding ortho intramolecular Hbond substituents is 1. The predicted octanol–water partition coefficient (Wildman–Crippen LogP) is 6.70. The zero-order valence-corrected chi connectivity index (χ0v) is 19.5. The van der Waals surface area contributed by atoms with Gasteiger partial charge in [-0.05, 0) is 36.4 Å². The van der Waals surface area contributed by atoms with E-state index in [1.165, 1.54) is 23.9 Å². The Bertz CT molecular complexity index is 1620. The van der Waals surface area contributed by atoms with Crippen molar-refractivity contribution in [3.05, 3.63) is 96.1 Å². The second-order valence-electron chi connectivity index (χ2n) is 7.31. The maximum atomic E-state index is 13.1. The fraction of sp³-hybridized carbons (Fsp3) is 0. The van der Waals surface area contributed by atoms with Gasteiger partial charge in [-0.15, -0.1) is 0 Å². The average Bonchev–Trinajstić information content (AvgIpc) is 2.82. The number of nitrogens with zero attached hydrogens (tertiary/aromatic N) is 1. The first-order valence-electron chi connectivity index (χ1n) is 9.97. The van der Waals surface area contributed by atoms with Gasteiger partial charge in [-0.1, -0.05) is 71.9 Å². The number of hydrogen-bond donors (Lipinski definition) is 2. The summed E-state index contributed by atoms with van der Waals surface area (Å²) in [5.74, 6) is 0.0780. The number of pyridine rings is 1. The molecule has 0 fully saturated rings. The lowest BCUT2D eigenvalue weighted by Gasteiger charge is -2.15. The van der Waals surface area contributed by atoms with Gasteiger partial charge in [-0.2, -0.15) is 0 Å². The number of benzene rings is 4. The number of aromatic nitrogens is 1. The molecule has 0 unspecified atom stereocenters. The van der Waals surface area contributed by atoms with Crippen LogP contribution >= 0.6 is 23.4 Å². The van der Waals surface area contributed by atoms with Gasteiger partial charge < -0.3 is 5.11 Å². The minimum atomic E-state index is -3.90. The van der Waals surface area contributed by atoms with Crippen molar-refractivity contribution >= 4 is 60.7 Å². The van der Waals surface area contributed by atoms with Gasteiger partial charge in [0.2, 0.25) is 0 Å². The van der Waals surface area contributed by atoms with Gasteiger partial charge in [0.05, 0.1) is 21.0 Å². The topological polar surface area (TPSA) is 79.3 Å². The molecule has 0 saturated carbocycles. The van der Waals surface area contributed by atoms with E-state index in [9.17, 15) is 13.5 Å². The van der Waals surface area contributed by atoms with Gasteiger partial charge in [0.1, 0.15) is 5.75 Å². The van der Waals surface area contributed by atoms with Crippen LogP contribution in [0.5, 0.6) is 5.75 Å². The van der Waals surface area contributed by atoms with E-state index < -0.39 is 10.0 Å². The van der Waals surface area contributed by atoms with Crippen LogP contribution in [0.25, 0.3) is 21.7 Å². The number of para-hydroxylation sites is 1. The molecule has 0 aliphatic carbocycles. The number of phenols is 1. The van der Waals surface area contributed by atoms with Crippen LogP contribution in [0.15, 0.2) is 106 Å². The summed E-state index contributed by atoms with van der Waals surface area (Å²) in [6.07, 6.45) is 1.72. The molecule has 0 radical (unpaired) electrons. The van der Waals surface area contributed by atoms with Gasteiger partial charge in [0.15, 0.2) is 0 Å². The van der Waals surface area contributed by atoms with E-state index in [2.05, 4.69) is 9.71 Å². The second kappa shape index (κ2) is 8.59. The minimum Gasteiger partial charge on any atom is -0.506 e. The molecule has 2 N–H and O–H groups in total. The van der Waals surface area contributed by atoms with Crippen molar-refractivity contribution in [3.8, 4) is 5.75 Å². The molecular formula is C25H17ClN2O3S2. The number of anilines is 1. The molecule has 8 heteroatoms. The highest BCUT2D eigenvalue weighted by molar-refractivity contribution is 7.99. The SMILES string of the molecule is O=S(=O)(Nc1cc(Sc2cccc3cccnc23)c(O)c2ccccc12)c1cccc(Cl)c1. The molecule has 164 valence electrons. The molecule has 5 rings (SSSR count). The zero-order valence-electron chi connectivity index (χ0n) is 17.1. The molecule has 0 amide bonds. The fourth-order valence-corrected chi connectivity index (χ4v) is 6.02. The maximum absolute atomic E-state index is 13.1. The minimum absolute atomic E-state index is 0.0552. The summed E-state index contributed by atoms with van der Waals surface area (Å²) in [4.78, 5) is 5.89. The summed E-state index contributed by atoms with van der Waals surface area (Å²) in [7, 11) is -3.90. The van der Waals surface area contributed by atoms with E-state index in [0.717, 1.165) is 15.8 Å². The summed E-state index contributed by atoms with van der Waals surface area (Å²) < 4.78 is 28.8. The molecule has 1 aromatic heterocycles. The molecule has 0 atom stereocenters. The summed E-state index contributed by atoms with van der Waals surface area (Å²) in [6, 6.07) is 24.5. The first kappa shape index (κ1) is 21.6. The summed E-state index contributed by atoms with van der Waals surface area (Å²) in [6.45, 7) is 0. The lowest BCUT2D eigenvalue weighted by molar-refractivity contribution is 0.469. The molecule has 0 spiro atoms. The van der Waals surface area contributed by atoms with Crippen molar-refractivity contribution in [3.63, 3.8) is 0 Å². The van der Waals surface area contributed by atoms with Gasteiger partial charge in [0, 0.05) is 32.3 Å². The molecule has 1 heterocycles. The van der Waals surface area contributed by atoms with Crippen LogP contribution < -0.4 is 4.72 Å². The second-order valence-corrected chi connectivity index (χ2v) is 10.5. The normalized spacial score (nSPS) is 11.7. The van der Waals surface area contributed by atoms with Crippen molar-refractivity contribution in [1.29, 1.82) is 0 Å². The Morgan fingerprint density at radius 3 is 2.42 bits per heavy atom. The Labute approximate surface area is 200 Å². The summed E-state index contributed by atoms with van der Waals surface area (Å²) in [5.41, 5.74) is 1.16. The molecular weight excluding hydrogens is 476 g/mol. The van der Waals surface area contributed by atoms with Crippen LogP contribution in [0.3, 0.4) is 0 Å². The van der Waals surface area contributed by atoms with E-state index in [0.29, 0.717) is 26.4 Å². The van der Waals surface area contributed by atoms with Gasteiger partial charge in [-0.3, -0.25) is 9.71 Å². The smallest absolute Gasteiger partial charge is 0.261 e. The van der Waals surface area contributed by atoms with E-state index in [-0.39, 0.29) is 10.6 Å². The van der Waals surface area contributed by atoms with Crippen LogP contribution in [0.4, 0.5) is 5.69 Å². The third kappa shape index (κ3) is 4.23. The van der Waals surface area contributed by atoms with Crippen molar-refractivity contribution < 1.29 is 13.5 Å². The number of nitrogens with one attached hydrogen (secondary N) is 1. The number of rotatable bonds is 5. The highest BCUT2D eigenvalue weighted by Gasteiger charge is 2.19. The number of sulfonamides is 1. The van der Waals surface area contributed by atoms with Crippen LogP contribution in [-0.4, -0.2) is 18.5 Å².